The molecule has 3 N–H and O–H groups in total. The van der Waals surface area contributed by atoms with Crippen molar-refractivity contribution in [3.05, 3.63) is 40.4 Å². The second-order valence-corrected chi connectivity index (χ2v) is 8.87. The van der Waals surface area contributed by atoms with Crippen molar-refractivity contribution in [2.45, 2.75) is 52.0 Å². The van der Waals surface area contributed by atoms with Gasteiger partial charge in [-0.15, -0.1) is 10.2 Å². The van der Waals surface area contributed by atoms with Gasteiger partial charge in [0.25, 0.3) is 0 Å². The van der Waals surface area contributed by atoms with Crippen molar-refractivity contribution in [2.24, 2.45) is 5.41 Å². The molecule has 5 nitrogen and oxygen atoms in total. The molecule has 3 rings (SSSR count). The van der Waals surface area contributed by atoms with Crippen LogP contribution >= 0.6 is 11.3 Å². The Balaban J connectivity index is 1.90. The smallest absolute Gasteiger partial charge is 0.231 e. The number of nitrogens with one attached hydrogen (secondary N) is 1. The molecule has 0 aliphatic heterocycles. The van der Waals surface area contributed by atoms with Gasteiger partial charge in [-0.05, 0) is 38.2 Å². The fourth-order valence-electron chi connectivity index (χ4n) is 3.40. The molecule has 1 aliphatic carbocycles. The first-order chi connectivity index (χ1) is 11.1. The molecule has 128 valence electrons. The summed E-state index contributed by atoms with van der Waals surface area (Å²) in [6, 6.07) is 8.27. The van der Waals surface area contributed by atoms with Gasteiger partial charge in [-0.2, -0.15) is 0 Å². The summed E-state index contributed by atoms with van der Waals surface area (Å²) in [4.78, 5) is 13.2. The van der Waals surface area contributed by atoms with Crippen LogP contribution < -0.4 is 11.1 Å². The highest BCUT2D eigenvalue weighted by Gasteiger charge is 2.67. The predicted octanol–water partition coefficient (Wildman–Crippen LogP) is 3.15. The van der Waals surface area contributed by atoms with E-state index < -0.39 is 11.0 Å². The SMILES string of the molecule is Cc1ccc([C@@]2(C(=O)NC(C)(C)c3nnc(N)s3)CC2(C)C)cc1. The highest BCUT2D eigenvalue weighted by Crippen LogP contribution is 2.64. The van der Waals surface area contributed by atoms with Gasteiger partial charge in [0, 0.05) is 0 Å². The molecule has 1 atom stereocenters. The maximum atomic E-state index is 13.2. The molecule has 1 aromatic carbocycles. The Bertz CT molecular complexity index is 779. The topological polar surface area (TPSA) is 80.9 Å². The Hall–Kier alpha value is -1.95. The summed E-state index contributed by atoms with van der Waals surface area (Å²) < 4.78 is 0. The Kier molecular flexibility index (Phi) is 3.71. The van der Waals surface area contributed by atoms with Gasteiger partial charge in [-0.3, -0.25) is 4.79 Å². The van der Waals surface area contributed by atoms with Crippen LogP contribution in [-0.2, 0) is 15.7 Å². The molecule has 0 radical (unpaired) electrons. The van der Waals surface area contributed by atoms with E-state index in [4.69, 9.17) is 5.73 Å². The number of aromatic nitrogens is 2. The summed E-state index contributed by atoms with van der Waals surface area (Å²) in [6.07, 6.45) is 0.837. The van der Waals surface area contributed by atoms with Crippen molar-refractivity contribution in [1.82, 2.24) is 15.5 Å². The number of nitrogens with two attached hydrogens (primary N) is 1. The number of nitrogen functional groups attached to an aromatic ring is 1. The molecule has 1 heterocycles. The number of carbonyl (C=O) groups is 1. The summed E-state index contributed by atoms with van der Waals surface area (Å²) in [5, 5.41) is 12.2. The van der Waals surface area contributed by atoms with Crippen LogP contribution in [0, 0.1) is 12.3 Å². The molecular weight excluding hydrogens is 320 g/mol. The van der Waals surface area contributed by atoms with E-state index in [0.29, 0.717) is 10.1 Å². The fourth-order valence-corrected chi connectivity index (χ4v) is 4.07. The first-order valence-corrected chi connectivity index (χ1v) is 8.89. The fraction of sp³-hybridized carbons (Fsp3) is 0.500. The minimum Gasteiger partial charge on any atom is -0.374 e. The molecule has 1 amide bonds. The Morgan fingerprint density at radius 2 is 1.83 bits per heavy atom. The van der Waals surface area contributed by atoms with Crippen molar-refractivity contribution < 1.29 is 4.79 Å². The van der Waals surface area contributed by atoms with Crippen molar-refractivity contribution >= 4 is 22.4 Å². The van der Waals surface area contributed by atoms with Crippen LogP contribution in [0.5, 0.6) is 0 Å². The molecule has 2 aromatic rings. The van der Waals surface area contributed by atoms with E-state index in [9.17, 15) is 4.79 Å². The second-order valence-electron chi connectivity index (χ2n) is 7.86. The molecule has 1 saturated carbocycles. The zero-order valence-corrected chi connectivity index (χ0v) is 15.6. The number of anilines is 1. The number of hydrogen-bond acceptors (Lipinski definition) is 5. The lowest BCUT2D eigenvalue weighted by Gasteiger charge is -2.28. The largest absolute Gasteiger partial charge is 0.374 e. The molecule has 1 aliphatic rings. The Labute approximate surface area is 146 Å². The lowest BCUT2D eigenvalue weighted by atomic mass is 9.85. The van der Waals surface area contributed by atoms with Crippen LogP contribution in [0.4, 0.5) is 5.13 Å². The average molecular weight is 344 g/mol. The minimum atomic E-state index is -0.608. The van der Waals surface area contributed by atoms with E-state index >= 15 is 0 Å². The van der Waals surface area contributed by atoms with Gasteiger partial charge in [0.15, 0.2) is 0 Å². The number of benzene rings is 1. The predicted molar refractivity (Wildman–Crippen MR) is 96.7 cm³/mol. The molecule has 0 spiro atoms. The highest BCUT2D eigenvalue weighted by atomic mass is 32.1. The molecule has 1 aromatic heterocycles. The lowest BCUT2D eigenvalue weighted by molar-refractivity contribution is -0.126. The number of amides is 1. The van der Waals surface area contributed by atoms with Gasteiger partial charge in [-0.1, -0.05) is 55.0 Å². The molecule has 24 heavy (non-hydrogen) atoms. The molecule has 6 heteroatoms. The van der Waals surface area contributed by atoms with Crippen LogP contribution in [0.1, 0.15) is 50.3 Å². The van der Waals surface area contributed by atoms with E-state index in [2.05, 4.69) is 60.6 Å². The highest BCUT2D eigenvalue weighted by molar-refractivity contribution is 7.15. The van der Waals surface area contributed by atoms with Gasteiger partial charge in [0.2, 0.25) is 11.0 Å². The number of rotatable bonds is 4. The lowest BCUT2D eigenvalue weighted by Crippen LogP contribution is -2.47. The quantitative estimate of drug-likeness (QED) is 0.893. The van der Waals surface area contributed by atoms with E-state index in [1.807, 2.05) is 13.8 Å². The van der Waals surface area contributed by atoms with Crippen molar-refractivity contribution in [1.29, 1.82) is 0 Å². The standard InChI is InChI=1S/C18H24N4OS/c1-11-6-8-12(9-7-11)18(10-16(18,2)3)13(23)20-17(4,5)14-21-22-15(19)24-14/h6-9H,10H2,1-5H3,(H2,19,22)(H,20,23)/t18-/m1/s1. The summed E-state index contributed by atoms with van der Waals surface area (Å²) in [5.41, 5.74) is 6.78. The van der Waals surface area contributed by atoms with E-state index in [0.717, 1.165) is 12.0 Å². The third-order valence-electron chi connectivity index (χ3n) is 5.07. The van der Waals surface area contributed by atoms with Gasteiger partial charge < -0.3 is 11.1 Å². The van der Waals surface area contributed by atoms with Crippen LogP contribution in [-0.4, -0.2) is 16.1 Å². The van der Waals surface area contributed by atoms with Crippen molar-refractivity contribution in [3.8, 4) is 0 Å². The zero-order valence-electron chi connectivity index (χ0n) is 14.8. The molecule has 0 saturated heterocycles. The average Bonchev–Trinajstić information content (AvgIpc) is 2.84. The molecule has 1 fully saturated rings. The second kappa shape index (κ2) is 5.28. The maximum absolute atomic E-state index is 13.2. The number of carbonyl (C=O) groups excluding carboxylic acids is 1. The summed E-state index contributed by atoms with van der Waals surface area (Å²) >= 11 is 1.31. The number of nitrogens with zero attached hydrogens (tertiary/aromatic N) is 2. The van der Waals surface area contributed by atoms with Gasteiger partial charge >= 0.3 is 0 Å². The third-order valence-corrected chi connectivity index (χ3v) is 6.15. The van der Waals surface area contributed by atoms with Crippen LogP contribution in [0.25, 0.3) is 0 Å². The van der Waals surface area contributed by atoms with Crippen molar-refractivity contribution in [2.75, 3.05) is 5.73 Å². The van der Waals surface area contributed by atoms with Crippen LogP contribution in [0.3, 0.4) is 0 Å². The normalized spacial score (nSPS) is 22.2. The molecule has 0 unspecified atom stereocenters. The third kappa shape index (κ3) is 2.59. The Morgan fingerprint density at radius 3 is 2.29 bits per heavy atom. The van der Waals surface area contributed by atoms with Gasteiger partial charge in [0.1, 0.15) is 5.01 Å². The van der Waals surface area contributed by atoms with E-state index in [1.165, 1.54) is 16.9 Å². The summed E-state index contributed by atoms with van der Waals surface area (Å²) in [5.74, 6) is 0.0372. The van der Waals surface area contributed by atoms with Gasteiger partial charge in [-0.25, -0.2) is 0 Å². The maximum Gasteiger partial charge on any atom is 0.231 e. The summed E-state index contributed by atoms with van der Waals surface area (Å²) in [7, 11) is 0. The molecular formula is C18H24N4OS. The van der Waals surface area contributed by atoms with Gasteiger partial charge in [0.05, 0.1) is 11.0 Å². The van der Waals surface area contributed by atoms with Crippen LogP contribution in [0.15, 0.2) is 24.3 Å². The van der Waals surface area contributed by atoms with Crippen LogP contribution in [0.2, 0.25) is 0 Å². The molecule has 0 bridgehead atoms. The number of aryl methyl sites for hydroxylation is 1. The first kappa shape index (κ1) is 16.9. The van der Waals surface area contributed by atoms with E-state index in [-0.39, 0.29) is 11.3 Å². The monoisotopic (exact) mass is 344 g/mol. The van der Waals surface area contributed by atoms with E-state index in [1.54, 1.807) is 0 Å². The number of hydrogen-bond donors (Lipinski definition) is 2. The summed E-state index contributed by atoms with van der Waals surface area (Å²) in [6.45, 7) is 10.2. The Morgan fingerprint density at radius 1 is 1.25 bits per heavy atom. The minimum absolute atomic E-state index is 0.0372. The first-order valence-electron chi connectivity index (χ1n) is 8.08. The zero-order chi connectivity index (χ0) is 17.8. The van der Waals surface area contributed by atoms with Crippen molar-refractivity contribution in [3.63, 3.8) is 0 Å².